The minimum atomic E-state index is 0.00745. The van der Waals surface area contributed by atoms with Crippen LogP contribution in [0.5, 0.6) is 0 Å². The lowest BCUT2D eigenvalue weighted by atomic mass is 9.93. The molecule has 0 amide bonds. The molecule has 0 bridgehead atoms. The van der Waals surface area contributed by atoms with Crippen molar-refractivity contribution in [3.8, 4) is 0 Å². The van der Waals surface area contributed by atoms with Gasteiger partial charge in [-0.3, -0.25) is 0 Å². The van der Waals surface area contributed by atoms with Gasteiger partial charge in [0.05, 0.1) is 12.5 Å². The van der Waals surface area contributed by atoms with Crippen molar-refractivity contribution >= 4 is 0 Å². The van der Waals surface area contributed by atoms with E-state index < -0.39 is 0 Å². The molecule has 0 spiro atoms. The topological polar surface area (TPSA) is 44.5 Å². The maximum absolute atomic E-state index is 5.88. The first-order valence-corrected chi connectivity index (χ1v) is 4.91. The van der Waals surface area contributed by atoms with Gasteiger partial charge >= 0.3 is 0 Å². The molecule has 3 heteroatoms. The van der Waals surface area contributed by atoms with E-state index in [4.69, 9.17) is 15.2 Å². The van der Waals surface area contributed by atoms with Gasteiger partial charge < -0.3 is 15.2 Å². The Bertz CT molecular complexity index is 452. The molecule has 2 N–H and O–H groups in total. The monoisotopic (exact) mass is 201 g/mol. The first kappa shape index (κ1) is 8.41. The molecule has 1 unspecified atom stereocenters. The van der Waals surface area contributed by atoms with Gasteiger partial charge in [-0.05, 0) is 30.2 Å². The van der Waals surface area contributed by atoms with Gasteiger partial charge in [-0.25, -0.2) is 0 Å². The van der Waals surface area contributed by atoms with Crippen LogP contribution in [0.1, 0.15) is 6.42 Å². The van der Waals surface area contributed by atoms with E-state index in [-0.39, 0.29) is 6.10 Å². The first-order chi connectivity index (χ1) is 7.34. The average Bonchev–Trinajstić information content (AvgIpc) is 2.27. The summed E-state index contributed by atoms with van der Waals surface area (Å²) >= 11 is 0. The van der Waals surface area contributed by atoms with Crippen LogP contribution in [0.2, 0.25) is 0 Å². The molecular weight excluding hydrogens is 190 g/mol. The summed E-state index contributed by atoms with van der Waals surface area (Å²) in [6.45, 7) is 0. The number of nitrogens with two attached hydrogens (primary N) is 1. The van der Waals surface area contributed by atoms with Gasteiger partial charge in [0.2, 0.25) is 0 Å². The fourth-order valence-corrected chi connectivity index (χ4v) is 1.90. The number of rotatable bonds is 0. The highest BCUT2D eigenvalue weighted by Gasteiger charge is 2.25. The van der Waals surface area contributed by atoms with Crippen LogP contribution in [0.25, 0.3) is 0 Å². The third-order valence-electron chi connectivity index (χ3n) is 2.69. The summed E-state index contributed by atoms with van der Waals surface area (Å²) in [6.07, 6.45) is 12.0. The van der Waals surface area contributed by atoms with Crippen molar-refractivity contribution in [3.63, 3.8) is 0 Å². The number of fused-ring (bicyclic) bond motifs is 2. The van der Waals surface area contributed by atoms with Gasteiger partial charge in [-0.15, -0.1) is 0 Å². The van der Waals surface area contributed by atoms with Crippen LogP contribution < -0.4 is 5.73 Å². The van der Waals surface area contributed by atoms with Crippen molar-refractivity contribution in [2.75, 3.05) is 0 Å². The molecule has 2 heterocycles. The number of ether oxygens (including phenoxy) is 2. The van der Waals surface area contributed by atoms with Crippen LogP contribution in [-0.4, -0.2) is 6.10 Å². The summed E-state index contributed by atoms with van der Waals surface area (Å²) < 4.78 is 10.9. The van der Waals surface area contributed by atoms with Gasteiger partial charge in [-0.2, -0.15) is 0 Å². The normalized spacial score (nSPS) is 27.1. The quantitative estimate of drug-likeness (QED) is 0.650. The molecule has 0 saturated carbocycles. The largest absolute Gasteiger partial charge is 0.490 e. The van der Waals surface area contributed by atoms with Crippen molar-refractivity contribution in [1.29, 1.82) is 0 Å². The molecule has 0 aromatic carbocycles. The van der Waals surface area contributed by atoms with E-state index in [1.54, 1.807) is 18.6 Å². The lowest BCUT2D eigenvalue weighted by Crippen LogP contribution is -2.20. The molecule has 1 atom stereocenters. The molecule has 3 rings (SSSR count). The second-order valence-corrected chi connectivity index (χ2v) is 3.67. The van der Waals surface area contributed by atoms with E-state index in [9.17, 15) is 0 Å². The standard InChI is InChI=1S/C12H11NO2/c13-10-3-5-15-12-7-11-8(6-9(10)12)2-1-4-14-11/h1,3-7,11H,2,13H2. The molecule has 76 valence electrons. The predicted molar refractivity (Wildman–Crippen MR) is 56.2 cm³/mol. The fourth-order valence-electron chi connectivity index (χ4n) is 1.90. The van der Waals surface area contributed by atoms with E-state index in [1.165, 1.54) is 5.57 Å². The maximum Gasteiger partial charge on any atom is 0.142 e. The van der Waals surface area contributed by atoms with Crippen LogP contribution in [0.15, 0.2) is 59.4 Å². The molecule has 0 radical (unpaired) electrons. The van der Waals surface area contributed by atoms with Crippen LogP contribution in [-0.2, 0) is 9.47 Å². The molecule has 1 aliphatic carbocycles. The van der Waals surface area contributed by atoms with E-state index >= 15 is 0 Å². The molecule has 3 aliphatic rings. The zero-order valence-electron chi connectivity index (χ0n) is 8.14. The van der Waals surface area contributed by atoms with E-state index in [0.29, 0.717) is 0 Å². The van der Waals surface area contributed by atoms with Crippen molar-refractivity contribution in [1.82, 2.24) is 0 Å². The van der Waals surface area contributed by atoms with Crippen LogP contribution in [0.3, 0.4) is 0 Å². The first-order valence-electron chi connectivity index (χ1n) is 4.91. The number of allylic oxidation sites excluding steroid dienone is 3. The Kier molecular flexibility index (Phi) is 1.71. The van der Waals surface area contributed by atoms with Crippen molar-refractivity contribution < 1.29 is 9.47 Å². The Morgan fingerprint density at radius 2 is 2.27 bits per heavy atom. The third-order valence-corrected chi connectivity index (χ3v) is 2.69. The maximum atomic E-state index is 5.88. The molecule has 0 fully saturated rings. The van der Waals surface area contributed by atoms with E-state index in [1.807, 2.05) is 12.2 Å². The lowest BCUT2D eigenvalue weighted by molar-refractivity contribution is 0.197. The summed E-state index contributed by atoms with van der Waals surface area (Å²) in [4.78, 5) is 0. The van der Waals surface area contributed by atoms with Crippen molar-refractivity contribution in [2.45, 2.75) is 12.5 Å². The Balaban J connectivity index is 2.08. The second kappa shape index (κ2) is 3.05. The summed E-state index contributed by atoms with van der Waals surface area (Å²) in [5, 5.41) is 0. The fraction of sp³-hybridized carbons (Fsp3) is 0.167. The highest BCUT2D eigenvalue weighted by molar-refractivity contribution is 5.52. The van der Waals surface area contributed by atoms with Crippen LogP contribution >= 0.6 is 0 Å². The summed E-state index contributed by atoms with van der Waals surface area (Å²) in [7, 11) is 0. The molecule has 3 nitrogen and oxygen atoms in total. The van der Waals surface area contributed by atoms with E-state index in [0.717, 1.165) is 23.5 Å². The van der Waals surface area contributed by atoms with Crippen molar-refractivity contribution in [2.24, 2.45) is 5.73 Å². The summed E-state index contributed by atoms with van der Waals surface area (Å²) in [6, 6.07) is 0. The highest BCUT2D eigenvalue weighted by Crippen LogP contribution is 2.32. The average molecular weight is 201 g/mol. The molecule has 0 aromatic rings. The minimum absolute atomic E-state index is 0.00745. The van der Waals surface area contributed by atoms with Gasteiger partial charge in [0.25, 0.3) is 0 Å². The SMILES string of the molecule is NC1=C2C=C3CC=COC3C=C2OC=C1. The predicted octanol–water partition coefficient (Wildman–Crippen LogP) is 1.87. The third kappa shape index (κ3) is 1.28. The van der Waals surface area contributed by atoms with E-state index in [2.05, 4.69) is 6.08 Å². The lowest BCUT2D eigenvalue weighted by Gasteiger charge is -2.27. The molecule has 0 aromatic heterocycles. The van der Waals surface area contributed by atoms with Crippen molar-refractivity contribution in [3.05, 3.63) is 59.4 Å². The Morgan fingerprint density at radius 1 is 1.33 bits per heavy atom. The van der Waals surface area contributed by atoms with Gasteiger partial charge in [0, 0.05) is 17.3 Å². The Labute approximate surface area is 87.9 Å². The number of hydrogen-bond acceptors (Lipinski definition) is 3. The summed E-state index contributed by atoms with van der Waals surface area (Å²) in [5.74, 6) is 0.791. The highest BCUT2D eigenvalue weighted by atomic mass is 16.5. The second-order valence-electron chi connectivity index (χ2n) is 3.67. The molecular formula is C12H11NO2. The number of hydrogen-bond donors (Lipinski definition) is 1. The zero-order chi connectivity index (χ0) is 10.3. The smallest absolute Gasteiger partial charge is 0.142 e. The molecule has 0 saturated heterocycles. The minimum Gasteiger partial charge on any atom is -0.490 e. The molecule has 15 heavy (non-hydrogen) atoms. The summed E-state index contributed by atoms with van der Waals surface area (Å²) in [5.41, 5.74) is 8.80. The molecule has 2 aliphatic heterocycles. The van der Waals surface area contributed by atoms with Crippen LogP contribution in [0, 0.1) is 0 Å². The van der Waals surface area contributed by atoms with Gasteiger partial charge in [-0.1, -0.05) is 0 Å². The zero-order valence-corrected chi connectivity index (χ0v) is 8.14. The Morgan fingerprint density at radius 3 is 3.20 bits per heavy atom. The Hall–Kier alpha value is -1.90. The van der Waals surface area contributed by atoms with Gasteiger partial charge in [0.15, 0.2) is 0 Å². The van der Waals surface area contributed by atoms with Gasteiger partial charge in [0.1, 0.15) is 11.9 Å². The van der Waals surface area contributed by atoms with Crippen LogP contribution in [0.4, 0.5) is 0 Å².